The number of benzene rings is 1. The van der Waals surface area contributed by atoms with E-state index in [4.69, 9.17) is 16.3 Å². The number of halogens is 2. The van der Waals surface area contributed by atoms with Crippen molar-refractivity contribution < 1.29 is 18.7 Å². The van der Waals surface area contributed by atoms with Gasteiger partial charge in [-0.3, -0.25) is 9.59 Å². The number of thioether (sulfide) groups is 1. The minimum absolute atomic E-state index is 0.0458. The number of nitrogens with one attached hydrogen (secondary N) is 1. The van der Waals surface area contributed by atoms with E-state index in [1.165, 1.54) is 6.07 Å². The number of rotatable bonds is 7. The largest absolute Gasteiger partial charge is 0.465 e. The van der Waals surface area contributed by atoms with Crippen LogP contribution in [0, 0.1) is 11.2 Å². The van der Waals surface area contributed by atoms with Gasteiger partial charge in [0.15, 0.2) is 0 Å². The average molecular weight is 376 g/mol. The van der Waals surface area contributed by atoms with Crippen molar-refractivity contribution in [1.29, 1.82) is 0 Å². The van der Waals surface area contributed by atoms with Crippen LogP contribution < -0.4 is 5.32 Å². The van der Waals surface area contributed by atoms with Gasteiger partial charge in [0.05, 0.1) is 17.3 Å². The smallest absolute Gasteiger partial charge is 0.319 e. The maximum atomic E-state index is 14.1. The molecule has 0 heterocycles. The zero-order chi connectivity index (χ0) is 18.5. The maximum absolute atomic E-state index is 14.1. The van der Waals surface area contributed by atoms with Crippen LogP contribution >= 0.6 is 23.4 Å². The van der Waals surface area contributed by atoms with Crippen molar-refractivity contribution in [2.45, 2.75) is 51.2 Å². The van der Waals surface area contributed by atoms with Crippen LogP contribution in [0.5, 0.6) is 0 Å². The number of anilines is 1. The standard InChI is InChI=1S/C17H23ClFNO3S/c1-6-17(4,5)16(22)20-13-9-14(11(18)8-12(13)19)24-10(3)15(21)23-7-2/h8-10H,6-7H2,1-5H3,(H,20,22). The number of carbonyl (C=O) groups is 2. The van der Waals surface area contributed by atoms with Crippen LogP contribution in [-0.4, -0.2) is 23.7 Å². The Balaban J connectivity index is 3.01. The molecule has 0 aliphatic heterocycles. The summed E-state index contributed by atoms with van der Waals surface area (Å²) in [5.41, 5.74) is -0.568. The molecule has 4 nitrogen and oxygen atoms in total. The summed E-state index contributed by atoms with van der Waals surface area (Å²) < 4.78 is 19.0. The van der Waals surface area contributed by atoms with Gasteiger partial charge in [-0.2, -0.15) is 0 Å². The Bertz CT molecular complexity index is 622. The van der Waals surface area contributed by atoms with E-state index in [0.29, 0.717) is 11.3 Å². The van der Waals surface area contributed by atoms with E-state index in [1.54, 1.807) is 27.7 Å². The Morgan fingerprint density at radius 1 is 1.38 bits per heavy atom. The predicted octanol–water partition coefficient (Wildman–Crippen LogP) is 4.90. The minimum atomic E-state index is -0.617. The molecule has 0 saturated carbocycles. The SMILES string of the molecule is CCOC(=O)C(C)Sc1cc(NC(=O)C(C)(C)CC)c(F)cc1Cl. The summed E-state index contributed by atoms with van der Waals surface area (Å²) in [6.07, 6.45) is 0.621. The molecular formula is C17H23ClFNO3S. The monoisotopic (exact) mass is 375 g/mol. The third kappa shape index (κ3) is 5.38. The molecule has 1 N–H and O–H groups in total. The molecule has 1 aromatic carbocycles. The van der Waals surface area contributed by atoms with E-state index in [9.17, 15) is 14.0 Å². The first-order chi connectivity index (χ1) is 11.1. The van der Waals surface area contributed by atoms with Crippen molar-refractivity contribution in [3.63, 3.8) is 0 Å². The van der Waals surface area contributed by atoms with E-state index in [2.05, 4.69) is 5.32 Å². The lowest BCUT2D eigenvalue weighted by atomic mass is 9.89. The molecule has 1 aromatic rings. The highest BCUT2D eigenvalue weighted by atomic mass is 35.5. The van der Waals surface area contributed by atoms with Gasteiger partial charge in [-0.1, -0.05) is 32.4 Å². The lowest BCUT2D eigenvalue weighted by Crippen LogP contribution is -2.30. The van der Waals surface area contributed by atoms with Gasteiger partial charge in [-0.15, -0.1) is 11.8 Å². The molecular weight excluding hydrogens is 353 g/mol. The fourth-order valence-electron chi connectivity index (χ4n) is 1.67. The molecule has 1 unspecified atom stereocenters. The molecule has 1 rings (SSSR count). The van der Waals surface area contributed by atoms with E-state index in [1.807, 2.05) is 6.92 Å². The van der Waals surface area contributed by atoms with Gasteiger partial charge in [-0.05, 0) is 32.4 Å². The van der Waals surface area contributed by atoms with Crippen LogP contribution in [0.1, 0.15) is 41.0 Å². The normalized spacial score (nSPS) is 12.6. The number of hydrogen-bond acceptors (Lipinski definition) is 4. The zero-order valence-corrected chi connectivity index (χ0v) is 16.1. The quantitative estimate of drug-likeness (QED) is 0.544. The number of amides is 1. The molecule has 1 atom stereocenters. The molecule has 0 aromatic heterocycles. The lowest BCUT2D eigenvalue weighted by molar-refractivity contribution is -0.142. The van der Waals surface area contributed by atoms with Crippen molar-refractivity contribution >= 4 is 40.9 Å². The lowest BCUT2D eigenvalue weighted by Gasteiger charge is -2.22. The minimum Gasteiger partial charge on any atom is -0.465 e. The predicted molar refractivity (Wildman–Crippen MR) is 96.1 cm³/mol. The summed E-state index contributed by atoms with van der Waals surface area (Å²) >= 11 is 7.21. The van der Waals surface area contributed by atoms with Crippen LogP contribution in [0.2, 0.25) is 5.02 Å². The summed E-state index contributed by atoms with van der Waals surface area (Å²) in [6.45, 7) is 9.15. The average Bonchev–Trinajstić information content (AvgIpc) is 2.51. The van der Waals surface area contributed by atoms with Gasteiger partial charge in [0, 0.05) is 10.3 Å². The molecule has 24 heavy (non-hydrogen) atoms. The number of esters is 1. The molecule has 0 aliphatic rings. The highest BCUT2D eigenvalue weighted by Crippen LogP contribution is 2.35. The zero-order valence-electron chi connectivity index (χ0n) is 14.5. The molecule has 0 fully saturated rings. The second-order valence-corrected chi connectivity index (χ2v) is 7.76. The Kier molecular flexibility index (Phi) is 7.55. The van der Waals surface area contributed by atoms with Crippen molar-refractivity contribution in [3.8, 4) is 0 Å². The van der Waals surface area contributed by atoms with E-state index < -0.39 is 16.5 Å². The summed E-state index contributed by atoms with van der Waals surface area (Å²) in [5.74, 6) is -1.27. The summed E-state index contributed by atoms with van der Waals surface area (Å²) in [4.78, 5) is 24.5. The van der Waals surface area contributed by atoms with Gasteiger partial charge in [0.1, 0.15) is 11.1 Å². The van der Waals surface area contributed by atoms with Crippen molar-refractivity contribution in [3.05, 3.63) is 23.0 Å². The van der Waals surface area contributed by atoms with Crippen molar-refractivity contribution in [1.82, 2.24) is 0 Å². The van der Waals surface area contributed by atoms with Crippen molar-refractivity contribution in [2.24, 2.45) is 5.41 Å². The van der Waals surface area contributed by atoms with Gasteiger partial charge < -0.3 is 10.1 Å². The third-order valence-corrected chi connectivity index (χ3v) is 5.25. The molecule has 0 spiro atoms. The summed E-state index contributed by atoms with van der Waals surface area (Å²) in [6, 6.07) is 2.58. The highest BCUT2D eigenvalue weighted by Gasteiger charge is 2.26. The molecule has 0 aliphatic carbocycles. The number of ether oxygens (including phenoxy) is 1. The van der Waals surface area contributed by atoms with Gasteiger partial charge >= 0.3 is 5.97 Å². The molecule has 0 bridgehead atoms. The van der Waals surface area contributed by atoms with Gasteiger partial charge in [-0.25, -0.2) is 4.39 Å². The van der Waals surface area contributed by atoms with E-state index in [0.717, 1.165) is 17.8 Å². The van der Waals surface area contributed by atoms with Crippen LogP contribution in [0.15, 0.2) is 17.0 Å². The Morgan fingerprint density at radius 3 is 2.54 bits per heavy atom. The van der Waals surface area contributed by atoms with Crippen LogP contribution in [-0.2, 0) is 14.3 Å². The summed E-state index contributed by atoms with van der Waals surface area (Å²) in [5, 5.41) is 2.28. The van der Waals surface area contributed by atoms with E-state index in [-0.39, 0.29) is 29.2 Å². The van der Waals surface area contributed by atoms with Crippen LogP contribution in [0.3, 0.4) is 0 Å². The summed E-state index contributed by atoms with van der Waals surface area (Å²) in [7, 11) is 0. The second-order valence-electron chi connectivity index (χ2n) is 5.97. The first-order valence-electron chi connectivity index (χ1n) is 7.76. The maximum Gasteiger partial charge on any atom is 0.319 e. The van der Waals surface area contributed by atoms with E-state index >= 15 is 0 Å². The molecule has 0 radical (unpaired) electrons. The van der Waals surface area contributed by atoms with Crippen molar-refractivity contribution in [2.75, 3.05) is 11.9 Å². The molecule has 0 saturated heterocycles. The van der Waals surface area contributed by atoms with Crippen LogP contribution in [0.4, 0.5) is 10.1 Å². The Labute approximate surface area is 151 Å². The van der Waals surface area contributed by atoms with Gasteiger partial charge in [0.25, 0.3) is 0 Å². The third-order valence-electron chi connectivity index (χ3n) is 3.69. The first kappa shape index (κ1) is 20.8. The van der Waals surface area contributed by atoms with Crippen LogP contribution in [0.25, 0.3) is 0 Å². The number of hydrogen-bond donors (Lipinski definition) is 1. The fraction of sp³-hybridized carbons (Fsp3) is 0.529. The molecule has 134 valence electrons. The Morgan fingerprint density at radius 2 is 2.00 bits per heavy atom. The second kappa shape index (κ2) is 8.72. The fourth-order valence-corrected chi connectivity index (χ4v) is 2.85. The van der Waals surface area contributed by atoms with Gasteiger partial charge in [0.2, 0.25) is 5.91 Å². The first-order valence-corrected chi connectivity index (χ1v) is 9.01. The molecule has 7 heteroatoms. The number of carbonyl (C=O) groups excluding carboxylic acids is 2. The molecule has 1 amide bonds. The topological polar surface area (TPSA) is 55.4 Å². The Hall–Kier alpha value is -1.27. The highest BCUT2D eigenvalue weighted by molar-refractivity contribution is 8.00.